The van der Waals surface area contributed by atoms with Crippen LogP contribution in [0.1, 0.15) is 19.4 Å². The molecule has 0 unspecified atom stereocenters. The van der Waals surface area contributed by atoms with E-state index in [0.717, 1.165) is 28.6 Å². The molecule has 0 spiro atoms. The second-order valence-electron chi connectivity index (χ2n) is 5.91. The van der Waals surface area contributed by atoms with Crippen LogP contribution in [-0.2, 0) is 0 Å². The highest BCUT2D eigenvalue weighted by atomic mass is 79.9. The van der Waals surface area contributed by atoms with E-state index in [1.54, 1.807) is 10.6 Å². The number of imidazole rings is 1. The van der Waals surface area contributed by atoms with Crippen LogP contribution in [-0.4, -0.2) is 27.5 Å². The summed E-state index contributed by atoms with van der Waals surface area (Å²) in [7, 11) is 0. The number of aromatic nitrogens is 3. The molecule has 0 aliphatic rings. The molecule has 7 heteroatoms. The van der Waals surface area contributed by atoms with E-state index in [4.69, 9.17) is 0 Å². The number of anilines is 1. The number of hydrogen-bond acceptors (Lipinski definition) is 5. The minimum atomic E-state index is -0.0739. The third-order valence-electron chi connectivity index (χ3n) is 4.37. The zero-order valence-electron chi connectivity index (χ0n) is 14.4. The fourth-order valence-electron chi connectivity index (χ4n) is 3.04. The first-order chi connectivity index (χ1) is 12.6. The maximum atomic E-state index is 12.8. The molecule has 1 aromatic carbocycles. The summed E-state index contributed by atoms with van der Waals surface area (Å²) in [6.07, 6.45) is 3.60. The normalized spacial score (nSPS) is 12.3. The van der Waals surface area contributed by atoms with Crippen LogP contribution in [0.5, 0.6) is 0 Å². The minimum Gasteiger partial charge on any atom is -0.372 e. The Morgan fingerprint density at radius 1 is 1.23 bits per heavy atom. The van der Waals surface area contributed by atoms with Crippen LogP contribution in [0.25, 0.3) is 22.2 Å². The zero-order chi connectivity index (χ0) is 18.3. The van der Waals surface area contributed by atoms with Gasteiger partial charge in [0.05, 0.1) is 4.53 Å². The van der Waals surface area contributed by atoms with Gasteiger partial charge in [0.25, 0.3) is 5.56 Å². The predicted molar refractivity (Wildman–Crippen MR) is 111 cm³/mol. The molecule has 4 aromatic rings. The van der Waals surface area contributed by atoms with E-state index in [9.17, 15) is 4.79 Å². The second-order valence-corrected chi connectivity index (χ2v) is 7.83. The summed E-state index contributed by atoms with van der Waals surface area (Å²) in [5, 5.41) is 0. The van der Waals surface area contributed by atoms with Gasteiger partial charge in [-0.05, 0) is 59.6 Å². The van der Waals surface area contributed by atoms with E-state index in [0.29, 0.717) is 15.1 Å². The molecule has 0 radical (unpaired) electrons. The summed E-state index contributed by atoms with van der Waals surface area (Å²) in [6.45, 7) is 6.24. The van der Waals surface area contributed by atoms with Gasteiger partial charge in [0, 0.05) is 29.4 Å². The number of pyridine rings is 1. The first kappa shape index (κ1) is 17.2. The summed E-state index contributed by atoms with van der Waals surface area (Å²) in [5.74, 6) is 0. The fourth-order valence-corrected chi connectivity index (χ4v) is 4.33. The molecule has 0 saturated carbocycles. The van der Waals surface area contributed by atoms with Gasteiger partial charge >= 0.3 is 0 Å². The number of benzene rings is 1. The quantitative estimate of drug-likeness (QED) is 0.499. The summed E-state index contributed by atoms with van der Waals surface area (Å²) in [4.78, 5) is 24.6. The first-order valence-corrected chi connectivity index (χ1v) is 10.0. The average molecular weight is 429 g/mol. The summed E-state index contributed by atoms with van der Waals surface area (Å²) < 4.78 is 3.10. The highest BCUT2D eigenvalue weighted by Crippen LogP contribution is 2.19. The van der Waals surface area contributed by atoms with Crippen LogP contribution in [0.3, 0.4) is 0 Å². The molecule has 4 rings (SSSR count). The van der Waals surface area contributed by atoms with Gasteiger partial charge in [0.1, 0.15) is 5.52 Å². The van der Waals surface area contributed by atoms with E-state index in [2.05, 4.69) is 56.8 Å². The van der Waals surface area contributed by atoms with Crippen LogP contribution >= 0.6 is 27.3 Å². The Bertz CT molecular complexity index is 1190. The van der Waals surface area contributed by atoms with Crippen molar-refractivity contribution in [2.45, 2.75) is 13.8 Å². The Kier molecular flexibility index (Phi) is 4.50. The fraction of sp³-hybridized carbons (Fsp3) is 0.211. The Labute approximate surface area is 162 Å². The monoisotopic (exact) mass is 428 g/mol. The third kappa shape index (κ3) is 2.91. The van der Waals surface area contributed by atoms with Crippen LogP contribution in [0.4, 0.5) is 5.69 Å². The van der Waals surface area contributed by atoms with Crippen molar-refractivity contribution in [1.82, 2.24) is 14.4 Å². The van der Waals surface area contributed by atoms with Crippen LogP contribution in [0.15, 0.2) is 45.8 Å². The summed E-state index contributed by atoms with van der Waals surface area (Å²) in [5.41, 5.74) is 3.44. The molecule has 0 aliphatic carbocycles. The topological polar surface area (TPSA) is 50.5 Å². The predicted octanol–water partition coefficient (Wildman–Crippen LogP) is 3.46. The van der Waals surface area contributed by atoms with Crippen LogP contribution in [0.2, 0.25) is 0 Å². The van der Waals surface area contributed by atoms with Gasteiger partial charge in [0.2, 0.25) is 0 Å². The Hall–Kier alpha value is -2.25. The number of thiazole rings is 1. The SMILES string of the molecule is CCN(CC)c1ccc(C=c2sc3nc4cc(Br)cnc4n3c2=O)cc1. The van der Waals surface area contributed by atoms with Gasteiger partial charge in [0.15, 0.2) is 10.6 Å². The van der Waals surface area contributed by atoms with E-state index in [1.165, 1.54) is 17.0 Å². The molecular weight excluding hydrogens is 412 g/mol. The van der Waals surface area contributed by atoms with Gasteiger partial charge in [-0.25, -0.2) is 14.4 Å². The van der Waals surface area contributed by atoms with E-state index in [-0.39, 0.29) is 5.56 Å². The average Bonchev–Trinajstić information content (AvgIpc) is 3.13. The third-order valence-corrected chi connectivity index (χ3v) is 5.77. The molecule has 0 saturated heterocycles. The standard InChI is InChI=1S/C19H17BrN4OS/c1-3-23(4-2)14-7-5-12(6-8-14)9-16-18(25)24-17-15(22-19(24)26-16)10-13(20)11-21-17/h5-11H,3-4H2,1-2H3. The molecule has 3 aromatic heterocycles. The lowest BCUT2D eigenvalue weighted by Crippen LogP contribution is -2.23. The van der Waals surface area contributed by atoms with Crippen molar-refractivity contribution in [3.63, 3.8) is 0 Å². The van der Waals surface area contributed by atoms with Crippen molar-refractivity contribution in [2.75, 3.05) is 18.0 Å². The maximum absolute atomic E-state index is 12.8. The van der Waals surface area contributed by atoms with Gasteiger partial charge < -0.3 is 4.90 Å². The lowest BCUT2D eigenvalue weighted by atomic mass is 10.2. The molecule has 0 N–H and O–H groups in total. The summed E-state index contributed by atoms with van der Waals surface area (Å²) in [6, 6.07) is 10.1. The second kappa shape index (κ2) is 6.81. The number of halogens is 1. The highest BCUT2D eigenvalue weighted by molar-refractivity contribution is 9.10. The number of nitrogens with zero attached hydrogens (tertiary/aromatic N) is 4. The zero-order valence-corrected chi connectivity index (χ0v) is 16.8. The molecule has 3 heterocycles. The van der Waals surface area contributed by atoms with Crippen molar-refractivity contribution >= 4 is 55.2 Å². The molecule has 132 valence electrons. The molecule has 0 amide bonds. The highest BCUT2D eigenvalue weighted by Gasteiger charge is 2.12. The van der Waals surface area contributed by atoms with Gasteiger partial charge in [-0.2, -0.15) is 0 Å². The van der Waals surface area contributed by atoms with Gasteiger partial charge in [-0.15, -0.1) is 0 Å². The Balaban J connectivity index is 1.79. The van der Waals surface area contributed by atoms with Gasteiger partial charge in [-0.3, -0.25) is 4.79 Å². The molecule has 5 nitrogen and oxygen atoms in total. The molecule has 0 fully saturated rings. The smallest absolute Gasteiger partial charge is 0.276 e. The molecule has 0 aliphatic heterocycles. The van der Waals surface area contributed by atoms with Crippen LogP contribution < -0.4 is 15.0 Å². The van der Waals surface area contributed by atoms with E-state index in [1.807, 2.05) is 24.3 Å². The van der Waals surface area contributed by atoms with Crippen molar-refractivity contribution in [3.05, 3.63) is 61.5 Å². The van der Waals surface area contributed by atoms with Crippen molar-refractivity contribution in [2.24, 2.45) is 0 Å². The maximum Gasteiger partial charge on any atom is 0.276 e. The number of hydrogen-bond donors (Lipinski definition) is 0. The van der Waals surface area contributed by atoms with Crippen molar-refractivity contribution in [1.29, 1.82) is 0 Å². The molecular formula is C19H17BrN4OS. The lowest BCUT2D eigenvalue weighted by Gasteiger charge is -2.20. The molecule has 26 heavy (non-hydrogen) atoms. The lowest BCUT2D eigenvalue weighted by molar-refractivity contribution is 0.866. The van der Waals surface area contributed by atoms with E-state index >= 15 is 0 Å². The first-order valence-electron chi connectivity index (χ1n) is 8.44. The number of rotatable bonds is 4. The Morgan fingerprint density at radius 3 is 2.65 bits per heavy atom. The van der Waals surface area contributed by atoms with E-state index < -0.39 is 0 Å². The minimum absolute atomic E-state index is 0.0739. The van der Waals surface area contributed by atoms with Crippen molar-refractivity contribution in [3.8, 4) is 0 Å². The summed E-state index contributed by atoms with van der Waals surface area (Å²) >= 11 is 4.77. The number of fused-ring (bicyclic) bond motifs is 3. The molecule has 0 bridgehead atoms. The molecule has 0 atom stereocenters. The van der Waals surface area contributed by atoms with Gasteiger partial charge in [-0.1, -0.05) is 23.5 Å². The Morgan fingerprint density at radius 2 is 1.96 bits per heavy atom. The largest absolute Gasteiger partial charge is 0.372 e. The van der Waals surface area contributed by atoms with Crippen molar-refractivity contribution < 1.29 is 0 Å². The van der Waals surface area contributed by atoms with Crippen LogP contribution in [0, 0.1) is 0 Å².